The number of rotatable bonds is 8. The second-order valence-electron chi connectivity index (χ2n) is 4.48. The summed E-state index contributed by atoms with van der Waals surface area (Å²) in [6, 6.07) is 7.61. The Morgan fingerprint density at radius 1 is 1.33 bits per heavy atom. The number of methoxy groups -OCH3 is 1. The van der Waals surface area contributed by atoms with E-state index >= 15 is 0 Å². The molecule has 0 aliphatic rings. The van der Waals surface area contributed by atoms with Crippen LogP contribution in [0.1, 0.15) is 6.92 Å². The van der Waals surface area contributed by atoms with E-state index in [-0.39, 0.29) is 6.10 Å². The Balaban J connectivity index is 2.36. The van der Waals surface area contributed by atoms with Gasteiger partial charge in [0.2, 0.25) is 0 Å². The monoisotopic (exact) mass is 311 g/mol. The molecule has 5 nitrogen and oxygen atoms in total. The third-order valence-corrected chi connectivity index (χ3v) is 3.37. The summed E-state index contributed by atoms with van der Waals surface area (Å²) >= 11 is 1.80. The minimum absolute atomic E-state index is 0.0243. The number of guanidine groups is 1. The normalized spacial score (nSPS) is 12.7. The Labute approximate surface area is 131 Å². The first kappa shape index (κ1) is 17.5. The van der Waals surface area contributed by atoms with Gasteiger partial charge in [-0.25, -0.2) is 0 Å². The van der Waals surface area contributed by atoms with E-state index in [1.807, 2.05) is 31.2 Å². The lowest BCUT2D eigenvalue weighted by Crippen LogP contribution is -2.42. The minimum atomic E-state index is 0.0243. The Kier molecular flexibility index (Phi) is 8.50. The molecule has 0 aromatic heterocycles. The van der Waals surface area contributed by atoms with Crippen molar-refractivity contribution in [1.29, 1.82) is 0 Å². The first-order chi connectivity index (χ1) is 10.2. The number of hydrogen-bond acceptors (Lipinski definition) is 4. The van der Waals surface area contributed by atoms with Gasteiger partial charge in [0.15, 0.2) is 5.96 Å². The van der Waals surface area contributed by atoms with Gasteiger partial charge < -0.3 is 20.1 Å². The van der Waals surface area contributed by atoms with Crippen LogP contribution in [-0.4, -0.2) is 51.3 Å². The maximum Gasteiger partial charge on any atom is 0.191 e. The number of thioether (sulfide) groups is 1. The summed E-state index contributed by atoms with van der Waals surface area (Å²) in [6.07, 6.45) is 2.11. The molecule has 21 heavy (non-hydrogen) atoms. The van der Waals surface area contributed by atoms with Crippen molar-refractivity contribution in [3.63, 3.8) is 0 Å². The van der Waals surface area contributed by atoms with Gasteiger partial charge in [-0.3, -0.25) is 4.99 Å². The van der Waals surface area contributed by atoms with Crippen LogP contribution in [-0.2, 0) is 0 Å². The fourth-order valence-electron chi connectivity index (χ4n) is 1.68. The molecule has 0 aliphatic carbocycles. The number of aliphatic imine (C=N–C) groups is 1. The van der Waals surface area contributed by atoms with E-state index in [2.05, 4.69) is 21.9 Å². The molecule has 1 aromatic rings. The van der Waals surface area contributed by atoms with Crippen LogP contribution < -0.4 is 20.1 Å². The second-order valence-corrected chi connectivity index (χ2v) is 5.47. The van der Waals surface area contributed by atoms with Gasteiger partial charge in [-0.05, 0) is 25.3 Å². The van der Waals surface area contributed by atoms with E-state index < -0.39 is 0 Å². The third-order valence-electron chi connectivity index (χ3n) is 2.76. The van der Waals surface area contributed by atoms with Gasteiger partial charge in [-0.1, -0.05) is 6.07 Å². The summed E-state index contributed by atoms with van der Waals surface area (Å²) in [5.74, 6) is 3.44. The van der Waals surface area contributed by atoms with Gasteiger partial charge >= 0.3 is 0 Å². The van der Waals surface area contributed by atoms with Crippen LogP contribution in [0.25, 0.3) is 0 Å². The lowest BCUT2D eigenvalue weighted by molar-refractivity contribution is 0.223. The lowest BCUT2D eigenvalue weighted by atomic mass is 10.3. The molecular weight excluding hydrogens is 286 g/mol. The summed E-state index contributed by atoms with van der Waals surface area (Å²) in [5, 5.41) is 6.50. The number of hydrogen-bond donors (Lipinski definition) is 2. The van der Waals surface area contributed by atoms with Crippen LogP contribution >= 0.6 is 11.8 Å². The first-order valence-corrected chi connectivity index (χ1v) is 8.33. The smallest absolute Gasteiger partial charge is 0.191 e. The van der Waals surface area contributed by atoms with Crippen LogP contribution in [0, 0.1) is 0 Å². The van der Waals surface area contributed by atoms with E-state index in [0.717, 1.165) is 29.8 Å². The molecule has 0 bridgehead atoms. The highest BCUT2D eigenvalue weighted by Gasteiger charge is 2.06. The SMILES string of the molecule is CN=C(NCCSC)NCC(C)Oc1cccc(OC)c1. The number of nitrogens with zero attached hydrogens (tertiary/aromatic N) is 1. The van der Waals surface area contributed by atoms with E-state index in [1.165, 1.54) is 0 Å². The Morgan fingerprint density at radius 2 is 2.10 bits per heavy atom. The number of benzene rings is 1. The van der Waals surface area contributed by atoms with Crippen LogP contribution in [0.2, 0.25) is 0 Å². The largest absolute Gasteiger partial charge is 0.497 e. The molecule has 1 aromatic carbocycles. The van der Waals surface area contributed by atoms with Crippen LogP contribution in [0.4, 0.5) is 0 Å². The zero-order valence-corrected chi connectivity index (χ0v) is 14.0. The Morgan fingerprint density at radius 3 is 2.76 bits per heavy atom. The van der Waals surface area contributed by atoms with Crippen molar-refractivity contribution in [3.8, 4) is 11.5 Å². The van der Waals surface area contributed by atoms with Gasteiger partial charge in [0.1, 0.15) is 17.6 Å². The topological polar surface area (TPSA) is 54.9 Å². The predicted molar refractivity (Wildman–Crippen MR) is 90.8 cm³/mol. The van der Waals surface area contributed by atoms with Gasteiger partial charge in [0, 0.05) is 25.4 Å². The maximum atomic E-state index is 5.85. The summed E-state index contributed by atoms with van der Waals surface area (Å²) in [7, 11) is 3.41. The van der Waals surface area contributed by atoms with Gasteiger partial charge in [-0.15, -0.1) is 0 Å². The minimum Gasteiger partial charge on any atom is -0.497 e. The van der Waals surface area contributed by atoms with Crippen molar-refractivity contribution < 1.29 is 9.47 Å². The van der Waals surface area contributed by atoms with Crippen molar-refractivity contribution in [3.05, 3.63) is 24.3 Å². The van der Waals surface area contributed by atoms with Gasteiger partial charge in [0.25, 0.3) is 0 Å². The number of ether oxygens (including phenoxy) is 2. The van der Waals surface area contributed by atoms with Crippen LogP contribution in [0.15, 0.2) is 29.3 Å². The molecule has 0 spiro atoms. The second kappa shape index (κ2) is 10.2. The highest BCUT2D eigenvalue weighted by Crippen LogP contribution is 2.19. The van der Waals surface area contributed by atoms with E-state index in [0.29, 0.717) is 6.54 Å². The van der Waals surface area contributed by atoms with Gasteiger partial charge in [-0.2, -0.15) is 11.8 Å². The molecular formula is C15H25N3O2S. The lowest BCUT2D eigenvalue weighted by Gasteiger charge is -2.18. The molecule has 0 radical (unpaired) electrons. The number of nitrogens with one attached hydrogen (secondary N) is 2. The highest BCUT2D eigenvalue weighted by atomic mass is 32.2. The fourth-order valence-corrected chi connectivity index (χ4v) is 1.99. The zero-order chi connectivity index (χ0) is 15.5. The van der Waals surface area contributed by atoms with E-state index in [1.54, 1.807) is 25.9 Å². The van der Waals surface area contributed by atoms with Crippen LogP contribution in [0.5, 0.6) is 11.5 Å². The van der Waals surface area contributed by atoms with E-state index in [4.69, 9.17) is 9.47 Å². The summed E-state index contributed by atoms with van der Waals surface area (Å²) in [4.78, 5) is 4.18. The molecule has 6 heteroatoms. The molecule has 2 N–H and O–H groups in total. The van der Waals surface area contributed by atoms with Crippen molar-refractivity contribution >= 4 is 17.7 Å². The average Bonchev–Trinajstić information content (AvgIpc) is 2.51. The van der Waals surface area contributed by atoms with Crippen LogP contribution in [0.3, 0.4) is 0 Å². The quantitative estimate of drug-likeness (QED) is 0.437. The summed E-state index contributed by atoms with van der Waals surface area (Å²) < 4.78 is 11.0. The predicted octanol–water partition coefficient (Wildman–Crippen LogP) is 1.99. The third kappa shape index (κ3) is 7.13. The first-order valence-electron chi connectivity index (χ1n) is 6.93. The van der Waals surface area contributed by atoms with Crippen molar-refractivity contribution in [2.75, 3.05) is 39.3 Å². The molecule has 1 atom stereocenters. The standard InChI is InChI=1S/C15H25N3O2S/c1-12(11-18-15(16-2)17-8-9-21-4)20-14-7-5-6-13(10-14)19-3/h5-7,10,12H,8-9,11H2,1-4H3,(H2,16,17,18). The molecule has 0 saturated carbocycles. The molecule has 118 valence electrons. The highest BCUT2D eigenvalue weighted by molar-refractivity contribution is 7.98. The van der Waals surface area contributed by atoms with Crippen molar-refractivity contribution in [1.82, 2.24) is 10.6 Å². The van der Waals surface area contributed by atoms with Crippen molar-refractivity contribution in [2.45, 2.75) is 13.0 Å². The van der Waals surface area contributed by atoms with Crippen molar-refractivity contribution in [2.24, 2.45) is 4.99 Å². The molecule has 1 unspecified atom stereocenters. The Bertz CT molecular complexity index is 441. The fraction of sp³-hybridized carbons (Fsp3) is 0.533. The van der Waals surface area contributed by atoms with E-state index in [9.17, 15) is 0 Å². The Hall–Kier alpha value is -1.56. The molecule has 0 saturated heterocycles. The molecule has 0 aliphatic heterocycles. The molecule has 0 heterocycles. The summed E-state index contributed by atoms with van der Waals surface area (Å²) in [5.41, 5.74) is 0. The molecule has 0 amide bonds. The zero-order valence-electron chi connectivity index (χ0n) is 13.2. The average molecular weight is 311 g/mol. The van der Waals surface area contributed by atoms with Gasteiger partial charge in [0.05, 0.1) is 13.7 Å². The molecule has 1 rings (SSSR count). The molecule has 0 fully saturated rings. The summed E-state index contributed by atoms with van der Waals surface area (Å²) in [6.45, 7) is 3.59. The maximum absolute atomic E-state index is 5.85.